The smallest absolute Gasteiger partial charge is 0.191 e. The summed E-state index contributed by atoms with van der Waals surface area (Å²) in [4.78, 5) is 11.9. The monoisotopic (exact) mass is 429 g/mol. The lowest BCUT2D eigenvalue weighted by atomic mass is 10.2. The van der Waals surface area contributed by atoms with Crippen LogP contribution >= 0.6 is 24.0 Å². The van der Waals surface area contributed by atoms with Gasteiger partial charge in [-0.1, -0.05) is 30.3 Å². The summed E-state index contributed by atoms with van der Waals surface area (Å²) < 4.78 is 5.28. The topological polar surface area (TPSA) is 74.3 Å². The van der Waals surface area contributed by atoms with Gasteiger partial charge in [0.2, 0.25) is 0 Å². The normalized spacial score (nSPS) is 11.0. The number of hydrogen-bond acceptors (Lipinski definition) is 3. The lowest BCUT2D eigenvalue weighted by Gasteiger charge is -2.10. The van der Waals surface area contributed by atoms with Gasteiger partial charge in [-0.2, -0.15) is 0 Å². The Balaban J connectivity index is 0.00000264. The van der Waals surface area contributed by atoms with Gasteiger partial charge in [0.15, 0.2) is 5.96 Å². The second kappa shape index (κ2) is 11.0. The molecule has 7 heteroatoms. The van der Waals surface area contributed by atoms with E-state index in [9.17, 15) is 0 Å². The third-order valence-corrected chi connectivity index (χ3v) is 3.10. The molecule has 0 saturated heterocycles. The van der Waals surface area contributed by atoms with Crippen LogP contribution in [0.4, 0.5) is 0 Å². The van der Waals surface area contributed by atoms with Gasteiger partial charge in [-0.15, -0.1) is 24.0 Å². The van der Waals surface area contributed by atoms with Crippen molar-refractivity contribution in [1.29, 1.82) is 0 Å². The van der Waals surface area contributed by atoms with Crippen molar-refractivity contribution in [2.75, 3.05) is 26.8 Å². The number of guanidine groups is 1. The van der Waals surface area contributed by atoms with Gasteiger partial charge in [-0.25, -0.2) is 4.98 Å². The molecule has 23 heavy (non-hydrogen) atoms. The number of imidazole rings is 1. The van der Waals surface area contributed by atoms with Crippen molar-refractivity contribution >= 4 is 29.9 Å². The van der Waals surface area contributed by atoms with Crippen molar-refractivity contribution in [2.45, 2.75) is 13.5 Å². The molecule has 0 atom stereocenters. The van der Waals surface area contributed by atoms with Gasteiger partial charge in [0.05, 0.1) is 25.0 Å². The number of aromatic amines is 1. The fourth-order valence-electron chi connectivity index (χ4n) is 1.99. The van der Waals surface area contributed by atoms with Crippen LogP contribution in [0.25, 0.3) is 11.3 Å². The number of hydrogen-bond donors (Lipinski definition) is 3. The molecule has 1 aromatic heterocycles. The zero-order chi connectivity index (χ0) is 15.6. The SMILES string of the molecule is CCOCCNC(=NC)NCc1ncc(-c2ccccc2)[nH]1.I. The van der Waals surface area contributed by atoms with Crippen LogP contribution in [0.1, 0.15) is 12.7 Å². The Bertz CT molecular complexity index is 585. The minimum atomic E-state index is 0. The molecule has 0 aliphatic carbocycles. The number of nitrogens with zero attached hydrogens (tertiary/aromatic N) is 2. The lowest BCUT2D eigenvalue weighted by Crippen LogP contribution is -2.38. The first-order valence-electron chi connectivity index (χ1n) is 7.45. The average molecular weight is 429 g/mol. The van der Waals surface area contributed by atoms with E-state index >= 15 is 0 Å². The van der Waals surface area contributed by atoms with Crippen LogP contribution in [-0.4, -0.2) is 42.7 Å². The Morgan fingerprint density at radius 2 is 2.04 bits per heavy atom. The Labute approximate surface area is 154 Å². The summed E-state index contributed by atoms with van der Waals surface area (Å²) in [6, 6.07) is 10.1. The van der Waals surface area contributed by atoms with Gasteiger partial charge in [-0.3, -0.25) is 4.99 Å². The van der Waals surface area contributed by atoms with Crippen LogP contribution < -0.4 is 10.6 Å². The summed E-state index contributed by atoms with van der Waals surface area (Å²) in [5, 5.41) is 6.40. The van der Waals surface area contributed by atoms with Crippen LogP contribution in [-0.2, 0) is 11.3 Å². The summed E-state index contributed by atoms with van der Waals surface area (Å²) in [6.45, 7) is 4.68. The Kier molecular flexibility index (Phi) is 9.30. The van der Waals surface area contributed by atoms with Crippen molar-refractivity contribution in [3.8, 4) is 11.3 Å². The van der Waals surface area contributed by atoms with Crippen LogP contribution in [0.2, 0.25) is 0 Å². The fourth-order valence-corrected chi connectivity index (χ4v) is 1.99. The van der Waals surface area contributed by atoms with E-state index in [1.165, 1.54) is 0 Å². The summed E-state index contributed by atoms with van der Waals surface area (Å²) >= 11 is 0. The second-order valence-corrected chi connectivity index (χ2v) is 4.66. The van der Waals surface area contributed by atoms with Crippen LogP contribution in [0, 0.1) is 0 Å². The zero-order valence-electron chi connectivity index (χ0n) is 13.5. The molecule has 0 spiro atoms. The molecule has 0 fully saturated rings. The zero-order valence-corrected chi connectivity index (χ0v) is 15.8. The molecule has 0 radical (unpaired) electrons. The van der Waals surface area contributed by atoms with E-state index in [0.29, 0.717) is 13.2 Å². The Hall–Kier alpha value is -1.61. The van der Waals surface area contributed by atoms with E-state index in [0.717, 1.165) is 36.2 Å². The van der Waals surface area contributed by atoms with Gasteiger partial charge >= 0.3 is 0 Å². The summed E-state index contributed by atoms with van der Waals surface area (Å²) in [7, 11) is 1.74. The third kappa shape index (κ3) is 6.57. The number of halogens is 1. The molecule has 1 aromatic carbocycles. The number of ether oxygens (including phenoxy) is 1. The van der Waals surface area contributed by atoms with Crippen LogP contribution in [0.3, 0.4) is 0 Å². The highest BCUT2D eigenvalue weighted by Crippen LogP contribution is 2.15. The molecule has 1 heterocycles. The van der Waals surface area contributed by atoms with Crippen LogP contribution in [0.15, 0.2) is 41.5 Å². The highest BCUT2D eigenvalue weighted by Gasteiger charge is 2.04. The molecule has 0 amide bonds. The molecule has 0 aliphatic heterocycles. The van der Waals surface area contributed by atoms with E-state index in [1.54, 1.807) is 7.05 Å². The number of rotatable bonds is 7. The molecule has 6 nitrogen and oxygen atoms in total. The van der Waals surface area contributed by atoms with E-state index < -0.39 is 0 Å². The first kappa shape index (κ1) is 19.4. The maximum Gasteiger partial charge on any atom is 0.191 e. The van der Waals surface area contributed by atoms with Crippen molar-refractivity contribution in [1.82, 2.24) is 20.6 Å². The summed E-state index contributed by atoms with van der Waals surface area (Å²) in [6.07, 6.45) is 1.84. The van der Waals surface area contributed by atoms with E-state index in [4.69, 9.17) is 4.74 Å². The lowest BCUT2D eigenvalue weighted by molar-refractivity contribution is 0.152. The Morgan fingerprint density at radius 3 is 2.74 bits per heavy atom. The van der Waals surface area contributed by atoms with Crippen molar-refractivity contribution < 1.29 is 4.74 Å². The standard InChI is InChI=1S/C16H23N5O.HI/c1-3-22-10-9-18-16(17-2)20-12-15-19-11-14(21-15)13-7-5-4-6-8-13;/h4-8,11H,3,9-10,12H2,1-2H3,(H,19,21)(H2,17,18,20);1H. The predicted molar refractivity (Wildman–Crippen MR) is 104 cm³/mol. The first-order chi connectivity index (χ1) is 10.8. The van der Waals surface area contributed by atoms with Crippen molar-refractivity contribution in [3.05, 3.63) is 42.4 Å². The van der Waals surface area contributed by atoms with Crippen LogP contribution in [0.5, 0.6) is 0 Å². The third-order valence-electron chi connectivity index (χ3n) is 3.10. The van der Waals surface area contributed by atoms with E-state index in [-0.39, 0.29) is 24.0 Å². The predicted octanol–water partition coefficient (Wildman–Crippen LogP) is 2.40. The van der Waals surface area contributed by atoms with Crippen molar-refractivity contribution in [2.24, 2.45) is 4.99 Å². The summed E-state index contributed by atoms with van der Waals surface area (Å²) in [5.41, 5.74) is 2.14. The quantitative estimate of drug-likeness (QED) is 0.274. The molecule has 0 saturated carbocycles. The molecule has 2 rings (SSSR count). The van der Waals surface area contributed by atoms with Gasteiger partial charge in [0.1, 0.15) is 5.82 Å². The average Bonchev–Trinajstić information content (AvgIpc) is 3.04. The molecule has 0 aliphatic rings. The first-order valence-corrected chi connectivity index (χ1v) is 7.45. The number of aliphatic imine (C=N–C) groups is 1. The van der Waals surface area contributed by atoms with Gasteiger partial charge < -0.3 is 20.4 Å². The number of aromatic nitrogens is 2. The van der Waals surface area contributed by atoms with Gasteiger partial charge in [-0.05, 0) is 12.5 Å². The molecule has 126 valence electrons. The highest BCUT2D eigenvalue weighted by molar-refractivity contribution is 14.0. The fraction of sp³-hybridized carbons (Fsp3) is 0.375. The molecule has 2 aromatic rings. The molecule has 0 unspecified atom stereocenters. The molecule has 0 bridgehead atoms. The molecule has 3 N–H and O–H groups in total. The molecular formula is C16H24IN5O. The largest absolute Gasteiger partial charge is 0.380 e. The summed E-state index contributed by atoms with van der Waals surface area (Å²) in [5.74, 6) is 1.60. The number of nitrogens with one attached hydrogen (secondary N) is 3. The maximum absolute atomic E-state index is 5.28. The minimum Gasteiger partial charge on any atom is -0.380 e. The number of H-pyrrole nitrogens is 1. The van der Waals surface area contributed by atoms with Gasteiger partial charge in [0, 0.05) is 20.2 Å². The highest BCUT2D eigenvalue weighted by atomic mass is 127. The van der Waals surface area contributed by atoms with E-state index in [1.807, 2.05) is 31.3 Å². The minimum absolute atomic E-state index is 0. The van der Waals surface area contributed by atoms with Crippen molar-refractivity contribution in [3.63, 3.8) is 0 Å². The Morgan fingerprint density at radius 1 is 1.26 bits per heavy atom. The maximum atomic E-state index is 5.28. The van der Waals surface area contributed by atoms with E-state index in [2.05, 4.69) is 37.7 Å². The van der Waals surface area contributed by atoms with Gasteiger partial charge in [0.25, 0.3) is 0 Å². The number of benzene rings is 1. The molecular weight excluding hydrogens is 405 g/mol. The second-order valence-electron chi connectivity index (χ2n) is 4.66.